The lowest BCUT2D eigenvalue weighted by Gasteiger charge is -2.16. The fourth-order valence-corrected chi connectivity index (χ4v) is 2.75. The zero-order valence-corrected chi connectivity index (χ0v) is 13.4. The Morgan fingerprint density at radius 2 is 1.89 bits per heavy atom. The standard InChI is InChI=1S/C13H29NO4S/c1-11(2)6-5-7-18-9-13(15)8-14-12(3)10-19(4,16)17/h11-15H,5-10H2,1-4H3. The number of aliphatic hydroxyl groups is 1. The van der Waals surface area contributed by atoms with E-state index in [2.05, 4.69) is 19.2 Å². The maximum Gasteiger partial charge on any atom is 0.148 e. The Balaban J connectivity index is 3.56. The largest absolute Gasteiger partial charge is 0.389 e. The SMILES string of the molecule is CC(C)CCCOCC(O)CNC(C)CS(C)(=O)=O. The molecule has 116 valence electrons. The molecule has 2 unspecified atom stereocenters. The fraction of sp³-hybridized carbons (Fsp3) is 1.00. The normalized spacial score (nSPS) is 15.7. The van der Waals surface area contributed by atoms with Gasteiger partial charge in [0.15, 0.2) is 0 Å². The lowest BCUT2D eigenvalue weighted by molar-refractivity contribution is 0.0340. The van der Waals surface area contributed by atoms with Gasteiger partial charge in [0.05, 0.1) is 18.5 Å². The molecule has 0 aromatic heterocycles. The second kappa shape index (κ2) is 9.69. The average Bonchev–Trinajstić information content (AvgIpc) is 2.23. The van der Waals surface area contributed by atoms with Gasteiger partial charge in [0.1, 0.15) is 9.84 Å². The topological polar surface area (TPSA) is 75.6 Å². The predicted molar refractivity (Wildman–Crippen MR) is 78.1 cm³/mol. The summed E-state index contributed by atoms with van der Waals surface area (Å²) in [6.45, 7) is 7.42. The third kappa shape index (κ3) is 14.1. The van der Waals surface area contributed by atoms with E-state index in [1.54, 1.807) is 6.92 Å². The highest BCUT2D eigenvalue weighted by Gasteiger charge is 2.12. The molecule has 0 aliphatic heterocycles. The summed E-state index contributed by atoms with van der Waals surface area (Å²) in [6, 6.07) is -0.161. The van der Waals surface area contributed by atoms with Crippen LogP contribution in [-0.4, -0.2) is 57.4 Å². The summed E-state index contributed by atoms with van der Waals surface area (Å²) in [5.41, 5.74) is 0. The van der Waals surface area contributed by atoms with Crippen molar-refractivity contribution in [3.05, 3.63) is 0 Å². The van der Waals surface area contributed by atoms with Gasteiger partial charge < -0.3 is 15.2 Å². The Kier molecular flexibility index (Phi) is 9.60. The molecule has 0 heterocycles. The number of nitrogens with one attached hydrogen (secondary N) is 1. The summed E-state index contributed by atoms with van der Waals surface area (Å²) in [4.78, 5) is 0. The molecule has 0 amide bonds. The molecule has 0 saturated carbocycles. The molecule has 0 bridgehead atoms. The number of hydrogen-bond acceptors (Lipinski definition) is 5. The Morgan fingerprint density at radius 1 is 1.26 bits per heavy atom. The maximum absolute atomic E-state index is 11.1. The van der Waals surface area contributed by atoms with Crippen LogP contribution < -0.4 is 5.32 Å². The number of hydrogen-bond donors (Lipinski definition) is 2. The second-order valence-electron chi connectivity index (χ2n) is 5.67. The molecule has 19 heavy (non-hydrogen) atoms. The van der Waals surface area contributed by atoms with E-state index in [9.17, 15) is 13.5 Å². The van der Waals surface area contributed by atoms with Gasteiger partial charge in [-0.05, 0) is 25.7 Å². The molecule has 2 atom stereocenters. The average molecular weight is 295 g/mol. The van der Waals surface area contributed by atoms with Gasteiger partial charge in [-0.1, -0.05) is 13.8 Å². The van der Waals surface area contributed by atoms with Crippen LogP contribution in [0.1, 0.15) is 33.6 Å². The number of aliphatic hydroxyl groups excluding tert-OH is 1. The molecule has 0 aliphatic carbocycles. The number of ether oxygens (including phenoxy) is 1. The Bertz CT molecular complexity index is 317. The summed E-state index contributed by atoms with van der Waals surface area (Å²) in [7, 11) is -2.98. The van der Waals surface area contributed by atoms with E-state index >= 15 is 0 Å². The van der Waals surface area contributed by atoms with Gasteiger partial charge in [-0.25, -0.2) is 8.42 Å². The molecule has 0 rings (SSSR count). The van der Waals surface area contributed by atoms with Crippen LogP contribution in [0.4, 0.5) is 0 Å². The highest BCUT2D eigenvalue weighted by atomic mass is 32.2. The van der Waals surface area contributed by atoms with Crippen molar-refractivity contribution in [1.82, 2.24) is 5.32 Å². The molecule has 0 saturated heterocycles. The van der Waals surface area contributed by atoms with Crippen LogP contribution in [0, 0.1) is 5.92 Å². The van der Waals surface area contributed by atoms with E-state index in [0.29, 0.717) is 19.1 Å². The zero-order chi connectivity index (χ0) is 14.9. The molecule has 0 aromatic rings. The van der Waals surface area contributed by atoms with Crippen LogP contribution in [0.15, 0.2) is 0 Å². The van der Waals surface area contributed by atoms with Crippen LogP contribution in [0.5, 0.6) is 0 Å². The molecule has 6 heteroatoms. The van der Waals surface area contributed by atoms with E-state index in [-0.39, 0.29) is 18.4 Å². The number of rotatable bonds is 11. The van der Waals surface area contributed by atoms with Crippen molar-refractivity contribution in [1.29, 1.82) is 0 Å². The summed E-state index contributed by atoms with van der Waals surface area (Å²) < 4.78 is 27.5. The van der Waals surface area contributed by atoms with Gasteiger partial charge in [0.2, 0.25) is 0 Å². The van der Waals surface area contributed by atoms with Crippen molar-refractivity contribution in [3.63, 3.8) is 0 Å². The van der Waals surface area contributed by atoms with Crippen LogP contribution >= 0.6 is 0 Å². The van der Waals surface area contributed by atoms with Crippen LogP contribution in [0.3, 0.4) is 0 Å². The molecule has 0 fully saturated rings. The van der Waals surface area contributed by atoms with Crippen LogP contribution in [0.25, 0.3) is 0 Å². The monoisotopic (exact) mass is 295 g/mol. The van der Waals surface area contributed by atoms with Gasteiger partial charge in [-0.2, -0.15) is 0 Å². The Labute approximate surface area is 117 Å². The van der Waals surface area contributed by atoms with Crippen molar-refractivity contribution in [2.24, 2.45) is 5.92 Å². The van der Waals surface area contributed by atoms with Gasteiger partial charge in [0, 0.05) is 25.4 Å². The van der Waals surface area contributed by atoms with Gasteiger partial charge in [-0.15, -0.1) is 0 Å². The van der Waals surface area contributed by atoms with Crippen molar-refractivity contribution in [3.8, 4) is 0 Å². The third-order valence-electron chi connectivity index (χ3n) is 2.64. The van der Waals surface area contributed by atoms with E-state index in [0.717, 1.165) is 12.8 Å². The Hall–Kier alpha value is -0.170. The van der Waals surface area contributed by atoms with Crippen molar-refractivity contribution < 1.29 is 18.3 Å². The van der Waals surface area contributed by atoms with Crippen LogP contribution in [0.2, 0.25) is 0 Å². The first kappa shape index (κ1) is 18.8. The Morgan fingerprint density at radius 3 is 2.42 bits per heavy atom. The van der Waals surface area contributed by atoms with Crippen molar-refractivity contribution >= 4 is 9.84 Å². The first-order chi connectivity index (χ1) is 8.70. The zero-order valence-electron chi connectivity index (χ0n) is 12.6. The summed E-state index contributed by atoms with van der Waals surface area (Å²) in [6.07, 6.45) is 2.74. The molecular weight excluding hydrogens is 266 g/mol. The van der Waals surface area contributed by atoms with Gasteiger partial charge in [-0.3, -0.25) is 0 Å². The van der Waals surface area contributed by atoms with Gasteiger partial charge in [0.25, 0.3) is 0 Å². The van der Waals surface area contributed by atoms with E-state index in [4.69, 9.17) is 4.74 Å². The highest BCUT2D eigenvalue weighted by molar-refractivity contribution is 7.90. The minimum atomic E-state index is -2.98. The summed E-state index contributed by atoms with van der Waals surface area (Å²) >= 11 is 0. The smallest absolute Gasteiger partial charge is 0.148 e. The molecule has 5 nitrogen and oxygen atoms in total. The minimum absolute atomic E-state index is 0.0783. The summed E-state index contributed by atoms with van der Waals surface area (Å²) in [5.74, 6) is 0.752. The molecule has 0 aromatic carbocycles. The molecule has 2 N–H and O–H groups in total. The fourth-order valence-electron chi connectivity index (χ4n) is 1.72. The molecule has 0 spiro atoms. The summed E-state index contributed by atoms with van der Waals surface area (Å²) in [5, 5.41) is 12.7. The third-order valence-corrected chi connectivity index (χ3v) is 3.74. The van der Waals surface area contributed by atoms with E-state index in [1.165, 1.54) is 6.26 Å². The first-order valence-corrected chi connectivity index (χ1v) is 8.93. The predicted octanol–water partition coefficient (Wildman–Crippen LogP) is 0.823. The second-order valence-corrected chi connectivity index (χ2v) is 7.85. The van der Waals surface area contributed by atoms with Gasteiger partial charge >= 0.3 is 0 Å². The number of sulfone groups is 1. The molecular formula is C13H29NO4S. The quantitative estimate of drug-likeness (QED) is 0.552. The van der Waals surface area contributed by atoms with E-state index < -0.39 is 15.9 Å². The minimum Gasteiger partial charge on any atom is -0.389 e. The first-order valence-electron chi connectivity index (χ1n) is 6.87. The van der Waals surface area contributed by atoms with Crippen molar-refractivity contribution in [2.45, 2.75) is 45.8 Å². The van der Waals surface area contributed by atoms with E-state index in [1.807, 2.05) is 0 Å². The molecule has 0 radical (unpaired) electrons. The molecule has 0 aliphatic rings. The lowest BCUT2D eigenvalue weighted by Crippen LogP contribution is -2.39. The van der Waals surface area contributed by atoms with Crippen molar-refractivity contribution in [2.75, 3.05) is 31.8 Å². The maximum atomic E-state index is 11.1. The highest BCUT2D eigenvalue weighted by Crippen LogP contribution is 2.03. The van der Waals surface area contributed by atoms with Crippen LogP contribution in [-0.2, 0) is 14.6 Å². The lowest BCUT2D eigenvalue weighted by atomic mass is 10.1.